The van der Waals surface area contributed by atoms with Gasteiger partial charge in [-0.15, -0.1) is 0 Å². The Labute approximate surface area is 159 Å². The third-order valence-corrected chi connectivity index (χ3v) is 3.61. The highest BCUT2D eigenvalue weighted by Crippen LogP contribution is 2.11. The predicted octanol–water partition coefficient (Wildman–Crippen LogP) is -1.87. The average Bonchev–Trinajstić information content (AvgIpc) is 2.64. The zero-order valence-corrected chi connectivity index (χ0v) is 14.9. The summed E-state index contributed by atoms with van der Waals surface area (Å²) in [4.78, 5) is 37.8. The van der Waals surface area contributed by atoms with Gasteiger partial charge in [-0.3, -0.25) is 14.8 Å². The molecule has 2 atom stereocenters. The van der Waals surface area contributed by atoms with Crippen LogP contribution in [0.1, 0.15) is 18.4 Å². The summed E-state index contributed by atoms with van der Waals surface area (Å²) in [5, 5.41) is 29.8. The number of nitrogens with zero attached hydrogens (tertiary/aromatic N) is 2. The Balaban J connectivity index is 2.57. The summed E-state index contributed by atoms with van der Waals surface area (Å²) in [5.41, 5.74) is 14.9. The summed E-state index contributed by atoms with van der Waals surface area (Å²) in [5.74, 6) is -1.77. The molecule has 0 aliphatic carbocycles. The molecule has 0 spiro atoms. The predicted molar refractivity (Wildman–Crippen MR) is 97.5 cm³/mol. The standard InChI is InChI=1S/C15H23N7O6/c16-11(8-9-3-5-10(23)6-4-9)13(24)19-12(14(25)21-26)2-1-7-18-15(17)20-22(27)28/h3-6,11-12,23,26H,1-2,7-8,16H2,(H,19,24)(H,21,25)(H3,17,18,20)/t11?,12-/m0/s1. The first-order chi connectivity index (χ1) is 13.2. The van der Waals surface area contributed by atoms with E-state index in [0.717, 1.165) is 0 Å². The number of nitrogens with one attached hydrogen (secondary N) is 3. The Morgan fingerprint density at radius 2 is 1.89 bits per heavy atom. The highest BCUT2D eigenvalue weighted by Gasteiger charge is 2.23. The van der Waals surface area contributed by atoms with Crippen molar-refractivity contribution in [2.24, 2.45) is 16.5 Å². The average molecular weight is 397 g/mol. The van der Waals surface area contributed by atoms with E-state index >= 15 is 0 Å². The number of phenols is 1. The Kier molecular flexibility index (Phi) is 9.12. The fourth-order valence-corrected chi connectivity index (χ4v) is 2.23. The van der Waals surface area contributed by atoms with Gasteiger partial charge in [0.2, 0.25) is 5.91 Å². The molecule has 1 aromatic rings. The number of carbonyl (C=O) groups is 2. The molecule has 0 saturated carbocycles. The van der Waals surface area contributed by atoms with Crippen LogP contribution in [0.5, 0.6) is 5.75 Å². The van der Waals surface area contributed by atoms with Crippen LogP contribution >= 0.6 is 0 Å². The van der Waals surface area contributed by atoms with Gasteiger partial charge in [0.25, 0.3) is 11.9 Å². The van der Waals surface area contributed by atoms with Crippen molar-refractivity contribution in [2.75, 3.05) is 6.54 Å². The number of aliphatic imine (C=N–C) groups is 1. The van der Waals surface area contributed by atoms with Gasteiger partial charge in [0.05, 0.1) is 6.04 Å². The number of carbonyl (C=O) groups excluding carboxylic acids is 2. The van der Waals surface area contributed by atoms with Crippen molar-refractivity contribution in [3.05, 3.63) is 39.9 Å². The van der Waals surface area contributed by atoms with Gasteiger partial charge in [-0.1, -0.05) is 17.6 Å². The monoisotopic (exact) mass is 397 g/mol. The van der Waals surface area contributed by atoms with Crippen molar-refractivity contribution < 1.29 is 24.9 Å². The van der Waals surface area contributed by atoms with E-state index in [1.165, 1.54) is 17.6 Å². The molecule has 0 fully saturated rings. The van der Waals surface area contributed by atoms with Crippen molar-refractivity contribution in [3.8, 4) is 5.75 Å². The number of hydroxylamine groups is 1. The summed E-state index contributed by atoms with van der Waals surface area (Å²) in [6.07, 6.45) is 0.498. The number of amides is 2. The number of hydrazine groups is 1. The quantitative estimate of drug-likeness (QED) is 0.0586. The van der Waals surface area contributed by atoms with Crippen LogP contribution in [0.25, 0.3) is 0 Å². The lowest BCUT2D eigenvalue weighted by molar-refractivity contribution is -0.525. The number of rotatable bonds is 10. The fourth-order valence-electron chi connectivity index (χ4n) is 2.23. The van der Waals surface area contributed by atoms with Gasteiger partial charge in [-0.25, -0.2) is 20.6 Å². The van der Waals surface area contributed by atoms with E-state index in [-0.39, 0.29) is 31.6 Å². The maximum atomic E-state index is 12.2. The Morgan fingerprint density at radius 1 is 1.25 bits per heavy atom. The van der Waals surface area contributed by atoms with Crippen LogP contribution in [0.3, 0.4) is 0 Å². The van der Waals surface area contributed by atoms with E-state index in [1.54, 1.807) is 17.6 Å². The first kappa shape index (κ1) is 22.6. The van der Waals surface area contributed by atoms with Gasteiger partial charge < -0.3 is 21.9 Å². The number of benzene rings is 1. The molecule has 154 valence electrons. The second kappa shape index (κ2) is 11.3. The lowest BCUT2D eigenvalue weighted by Crippen LogP contribution is -2.51. The number of nitrogens with two attached hydrogens (primary N) is 2. The molecule has 28 heavy (non-hydrogen) atoms. The smallest absolute Gasteiger partial charge is 0.265 e. The van der Waals surface area contributed by atoms with E-state index in [0.29, 0.717) is 5.56 Å². The molecule has 0 saturated heterocycles. The van der Waals surface area contributed by atoms with Gasteiger partial charge in [0.1, 0.15) is 11.8 Å². The summed E-state index contributed by atoms with van der Waals surface area (Å²) < 4.78 is 0. The van der Waals surface area contributed by atoms with E-state index in [4.69, 9.17) is 16.7 Å². The Morgan fingerprint density at radius 3 is 2.46 bits per heavy atom. The normalized spacial score (nSPS) is 13.3. The van der Waals surface area contributed by atoms with Crippen molar-refractivity contribution in [1.29, 1.82) is 0 Å². The molecular formula is C15H23N7O6. The van der Waals surface area contributed by atoms with Crippen molar-refractivity contribution in [1.82, 2.24) is 16.2 Å². The Bertz CT molecular complexity index is 709. The molecule has 1 unspecified atom stereocenters. The highest BCUT2D eigenvalue weighted by molar-refractivity contribution is 5.89. The third kappa shape index (κ3) is 8.29. The van der Waals surface area contributed by atoms with Crippen LogP contribution in [0, 0.1) is 10.1 Å². The topological polar surface area (TPSA) is 218 Å². The molecule has 2 amide bonds. The summed E-state index contributed by atoms with van der Waals surface area (Å²) in [7, 11) is 0. The number of guanidine groups is 1. The molecule has 0 aliphatic heterocycles. The third-order valence-electron chi connectivity index (χ3n) is 3.61. The van der Waals surface area contributed by atoms with E-state index in [2.05, 4.69) is 10.3 Å². The molecule has 0 heterocycles. The number of hydrogen-bond donors (Lipinski definition) is 7. The number of nitro groups is 1. The molecule has 1 rings (SSSR count). The van der Waals surface area contributed by atoms with Crippen LogP contribution in [0.4, 0.5) is 0 Å². The number of phenolic OH excluding ortho intramolecular Hbond substituents is 1. The molecule has 13 heteroatoms. The summed E-state index contributed by atoms with van der Waals surface area (Å²) in [6.45, 7) is 0.0529. The molecule has 0 aromatic heterocycles. The first-order valence-electron chi connectivity index (χ1n) is 8.21. The zero-order chi connectivity index (χ0) is 21.1. The molecule has 1 aromatic carbocycles. The van der Waals surface area contributed by atoms with Crippen LogP contribution in [0.2, 0.25) is 0 Å². The van der Waals surface area contributed by atoms with Crippen LogP contribution < -0.4 is 27.7 Å². The number of aromatic hydroxyl groups is 1. The van der Waals surface area contributed by atoms with Crippen molar-refractivity contribution in [2.45, 2.75) is 31.3 Å². The van der Waals surface area contributed by atoms with Crippen LogP contribution in [0.15, 0.2) is 29.3 Å². The lowest BCUT2D eigenvalue weighted by Gasteiger charge is -2.19. The maximum absolute atomic E-state index is 12.2. The van der Waals surface area contributed by atoms with Crippen LogP contribution in [-0.2, 0) is 16.0 Å². The van der Waals surface area contributed by atoms with Gasteiger partial charge in [0.15, 0.2) is 5.03 Å². The summed E-state index contributed by atoms with van der Waals surface area (Å²) in [6, 6.07) is 4.10. The van der Waals surface area contributed by atoms with Gasteiger partial charge in [0, 0.05) is 6.54 Å². The van der Waals surface area contributed by atoms with E-state index < -0.39 is 34.9 Å². The first-order valence-corrected chi connectivity index (χ1v) is 8.21. The van der Waals surface area contributed by atoms with Gasteiger partial charge in [-0.05, 0) is 37.0 Å². The molecule has 13 nitrogen and oxygen atoms in total. The van der Waals surface area contributed by atoms with E-state index in [1.807, 2.05) is 0 Å². The van der Waals surface area contributed by atoms with Crippen molar-refractivity contribution >= 4 is 17.8 Å². The molecule has 0 bridgehead atoms. The van der Waals surface area contributed by atoms with Crippen molar-refractivity contribution in [3.63, 3.8) is 0 Å². The van der Waals surface area contributed by atoms with Crippen LogP contribution in [-0.4, -0.2) is 51.7 Å². The second-order valence-electron chi connectivity index (χ2n) is 5.79. The second-order valence-corrected chi connectivity index (χ2v) is 5.79. The SMILES string of the molecule is NC(=NCCC[C@H](NC(=O)C(N)Cc1ccc(O)cc1)C(=O)NO)N[N+](=O)[O-]. The molecule has 0 aliphatic rings. The fraction of sp³-hybridized carbons (Fsp3) is 0.400. The minimum Gasteiger partial charge on any atom is -0.508 e. The zero-order valence-electron chi connectivity index (χ0n) is 14.9. The minimum atomic E-state index is -1.08. The van der Waals surface area contributed by atoms with E-state index in [9.17, 15) is 24.8 Å². The van der Waals surface area contributed by atoms with Gasteiger partial charge in [-0.2, -0.15) is 0 Å². The minimum absolute atomic E-state index is 0.0529. The molecular weight excluding hydrogens is 374 g/mol. The highest BCUT2D eigenvalue weighted by atomic mass is 16.7. The summed E-state index contributed by atoms with van der Waals surface area (Å²) >= 11 is 0. The molecule has 0 radical (unpaired) electrons. The number of hydrogen-bond acceptors (Lipinski definition) is 8. The lowest BCUT2D eigenvalue weighted by atomic mass is 10.0. The maximum Gasteiger partial charge on any atom is 0.265 e. The Hall–Kier alpha value is -3.45. The van der Waals surface area contributed by atoms with Gasteiger partial charge >= 0.3 is 0 Å². The largest absolute Gasteiger partial charge is 0.508 e. The molecule has 9 N–H and O–H groups in total.